The predicted molar refractivity (Wildman–Crippen MR) is 52.1 cm³/mol. The van der Waals surface area contributed by atoms with Gasteiger partial charge in [0.05, 0.1) is 0 Å². The lowest BCUT2D eigenvalue weighted by molar-refractivity contribution is 0.173. The van der Waals surface area contributed by atoms with Crippen LogP contribution in [-0.2, 0) is 0 Å². The molecule has 0 unspecified atom stereocenters. The molecule has 0 atom stereocenters. The van der Waals surface area contributed by atoms with Gasteiger partial charge >= 0.3 is 0 Å². The largest absolute Gasteiger partial charge is 0.400 e. The molecule has 74 valence electrons. The molecule has 0 saturated carbocycles. The lowest BCUT2D eigenvalue weighted by atomic mass is 10.1. The zero-order valence-electron chi connectivity index (χ0n) is 8.45. The third-order valence-electron chi connectivity index (χ3n) is 2.30. The molecule has 1 heterocycles. The Morgan fingerprint density at radius 3 is 2.00 bits per heavy atom. The van der Waals surface area contributed by atoms with E-state index in [0.717, 1.165) is 7.11 Å². The van der Waals surface area contributed by atoms with Crippen molar-refractivity contribution in [2.24, 2.45) is 5.73 Å². The number of nitrogens with zero attached hydrogens (tertiary/aromatic N) is 1. The molecule has 1 rings (SSSR count). The molecule has 0 aromatic rings. The molecule has 12 heavy (non-hydrogen) atoms. The number of aliphatic hydroxyl groups excluding tert-OH is 1. The van der Waals surface area contributed by atoms with E-state index < -0.39 is 0 Å². The molecule has 1 saturated heterocycles. The van der Waals surface area contributed by atoms with E-state index in [2.05, 4.69) is 18.7 Å². The van der Waals surface area contributed by atoms with Crippen LogP contribution in [0.2, 0.25) is 0 Å². The van der Waals surface area contributed by atoms with E-state index in [1.54, 1.807) is 0 Å². The smallest absolute Gasteiger partial charge is 0.0319 e. The van der Waals surface area contributed by atoms with Gasteiger partial charge in [-0.05, 0) is 39.8 Å². The fourth-order valence-electron chi connectivity index (χ4n) is 1.44. The summed E-state index contributed by atoms with van der Waals surface area (Å²) in [4.78, 5) is 2.49. The van der Waals surface area contributed by atoms with E-state index in [1.807, 2.05) is 0 Å². The highest BCUT2D eigenvalue weighted by molar-refractivity contribution is 4.75. The summed E-state index contributed by atoms with van der Waals surface area (Å²) in [5.74, 6) is 0. The van der Waals surface area contributed by atoms with Crippen LogP contribution >= 0.6 is 0 Å². The normalized spacial score (nSPS) is 20.5. The molecule has 0 spiro atoms. The van der Waals surface area contributed by atoms with Gasteiger partial charge in [0, 0.05) is 19.2 Å². The van der Waals surface area contributed by atoms with Crippen LogP contribution in [0.3, 0.4) is 0 Å². The van der Waals surface area contributed by atoms with Crippen LogP contribution in [0.5, 0.6) is 0 Å². The Bertz CT molecular complexity index is 98.7. The monoisotopic (exact) mass is 174 g/mol. The Morgan fingerprint density at radius 2 is 1.67 bits per heavy atom. The van der Waals surface area contributed by atoms with Gasteiger partial charge in [-0.25, -0.2) is 0 Å². The lowest BCUT2D eigenvalue weighted by Crippen LogP contribution is -2.42. The molecule has 1 aliphatic heterocycles. The molecule has 1 aliphatic rings. The van der Waals surface area contributed by atoms with E-state index in [4.69, 9.17) is 10.8 Å². The van der Waals surface area contributed by atoms with Crippen molar-refractivity contribution in [2.45, 2.75) is 38.8 Å². The highest BCUT2D eigenvalue weighted by Gasteiger charge is 2.17. The summed E-state index contributed by atoms with van der Waals surface area (Å²) >= 11 is 0. The van der Waals surface area contributed by atoms with Crippen molar-refractivity contribution >= 4 is 0 Å². The number of rotatable bonds is 1. The predicted octanol–water partition coefficient (Wildman–Crippen LogP) is 0.426. The van der Waals surface area contributed by atoms with Gasteiger partial charge in [-0.3, -0.25) is 0 Å². The minimum atomic E-state index is 0.468. The van der Waals surface area contributed by atoms with E-state index in [9.17, 15) is 0 Å². The molecule has 3 nitrogen and oxygen atoms in total. The molecular formula is C9H22N2O. The fourth-order valence-corrected chi connectivity index (χ4v) is 1.44. The minimum absolute atomic E-state index is 0.468. The molecule has 1 fully saturated rings. The fraction of sp³-hybridized carbons (Fsp3) is 1.00. The molecule has 3 heteroatoms. The Hall–Kier alpha value is -0.120. The SMILES string of the molecule is CC(C)N1CCC(N)CC1.CO. The number of hydrogen-bond acceptors (Lipinski definition) is 3. The average Bonchev–Trinajstić information content (AvgIpc) is 2.09. The van der Waals surface area contributed by atoms with Gasteiger partial charge < -0.3 is 15.7 Å². The molecule has 0 amide bonds. The summed E-state index contributed by atoms with van der Waals surface area (Å²) in [6.07, 6.45) is 2.36. The maximum absolute atomic E-state index is 7.00. The lowest BCUT2D eigenvalue weighted by Gasteiger charge is -2.32. The van der Waals surface area contributed by atoms with Crippen LogP contribution in [0.4, 0.5) is 0 Å². The van der Waals surface area contributed by atoms with E-state index in [-0.39, 0.29) is 0 Å². The Balaban J connectivity index is 0.000000561. The van der Waals surface area contributed by atoms with Crippen LogP contribution in [0, 0.1) is 0 Å². The maximum Gasteiger partial charge on any atom is 0.0319 e. The highest BCUT2D eigenvalue weighted by atomic mass is 16.2. The van der Waals surface area contributed by atoms with Gasteiger partial charge in [0.1, 0.15) is 0 Å². The second kappa shape index (κ2) is 6.40. The standard InChI is InChI=1S/C8H18N2.CH4O/c1-7(2)10-5-3-8(9)4-6-10;1-2/h7-8H,3-6,9H2,1-2H3;2H,1H3. The zero-order chi connectivity index (χ0) is 9.56. The van der Waals surface area contributed by atoms with E-state index in [0.29, 0.717) is 12.1 Å². The molecule has 0 radical (unpaired) electrons. The van der Waals surface area contributed by atoms with Gasteiger partial charge in [-0.15, -0.1) is 0 Å². The summed E-state index contributed by atoms with van der Waals surface area (Å²) < 4.78 is 0. The summed E-state index contributed by atoms with van der Waals surface area (Å²) in [5, 5.41) is 7.00. The van der Waals surface area contributed by atoms with Crippen LogP contribution in [0.1, 0.15) is 26.7 Å². The zero-order valence-corrected chi connectivity index (χ0v) is 8.45. The third kappa shape index (κ3) is 4.04. The van der Waals surface area contributed by atoms with Gasteiger partial charge in [0.2, 0.25) is 0 Å². The molecule has 0 bridgehead atoms. The van der Waals surface area contributed by atoms with Crippen LogP contribution in [-0.4, -0.2) is 42.3 Å². The molecule has 0 aromatic heterocycles. The number of hydrogen-bond donors (Lipinski definition) is 2. The van der Waals surface area contributed by atoms with Crippen molar-refractivity contribution in [3.8, 4) is 0 Å². The first kappa shape index (κ1) is 11.9. The molecule has 0 aromatic carbocycles. The van der Waals surface area contributed by atoms with Gasteiger partial charge in [-0.1, -0.05) is 0 Å². The van der Waals surface area contributed by atoms with Crippen LogP contribution in [0.15, 0.2) is 0 Å². The Morgan fingerprint density at radius 1 is 1.25 bits per heavy atom. The van der Waals surface area contributed by atoms with Crippen molar-refractivity contribution in [1.29, 1.82) is 0 Å². The van der Waals surface area contributed by atoms with Crippen molar-refractivity contribution in [1.82, 2.24) is 4.90 Å². The van der Waals surface area contributed by atoms with Crippen LogP contribution < -0.4 is 5.73 Å². The van der Waals surface area contributed by atoms with Crippen molar-refractivity contribution in [2.75, 3.05) is 20.2 Å². The van der Waals surface area contributed by atoms with Crippen LogP contribution in [0.25, 0.3) is 0 Å². The molecule has 0 aliphatic carbocycles. The van der Waals surface area contributed by atoms with Crippen molar-refractivity contribution in [3.05, 3.63) is 0 Å². The first-order chi connectivity index (χ1) is 5.70. The summed E-state index contributed by atoms with van der Waals surface area (Å²) in [6.45, 7) is 6.88. The first-order valence-corrected chi connectivity index (χ1v) is 4.64. The van der Waals surface area contributed by atoms with E-state index >= 15 is 0 Å². The average molecular weight is 174 g/mol. The second-order valence-electron chi connectivity index (χ2n) is 3.47. The topological polar surface area (TPSA) is 49.5 Å². The number of likely N-dealkylation sites (tertiary alicyclic amines) is 1. The minimum Gasteiger partial charge on any atom is -0.400 e. The number of nitrogens with two attached hydrogens (primary N) is 1. The van der Waals surface area contributed by atoms with Gasteiger partial charge in [0.15, 0.2) is 0 Å². The summed E-state index contributed by atoms with van der Waals surface area (Å²) in [6, 6.07) is 1.17. The highest BCUT2D eigenvalue weighted by Crippen LogP contribution is 2.10. The first-order valence-electron chi connectivity index (χ1n) is 4.64. The third-order valence-corrected chi connectivity index (χ3v) is 2.30. The Labute approximate surface area is 75.6 Å². The molecular weight excluding hydrogens is 152 g/mol. The quantitative estimate of drug-likeness (QED) is 0.606. The van der Waals surface area contributed by atoms with E-state index in [1.165, 1.54) is 25.9 Å². The maximum atomic E-state index is 7.00. The van der Waals surface area contributed by atoms with Gasteiger partial charge in [0.25, 0.3) is 0 Å². The van der Waals surface area contributed by atoms with Crippen molar-refractivity contribution in [3.63, 3.8) is 0 Å². The summed E-state index contributed by atoms with van der Waals surface area (Å²) in [5.41, 5.74) is 5.77. The number of aliphatic hydroxyl groups is 1. The summed E-state index contributed by atoms with van der Waals surface area (Å²) in [7, 11) is 1.00. The Kier molecular flexibility index (Phi) is 6.34. The second-order valence-corrected chi connectivity index (χ2v) is 3.47. The number of piperidine rings is 1. The van der Waals surface area contributed by atoms with Crippen molar-refractivity contribution < 1.29 is 5.11 Å². The molecule has 3 N–H and O–H groups in total. The van der Waals surface area contributed by atoms with Gasteiger partial charge in [-0.2, -0.15) is 0 Å².